The van der Waals surface area contributed by atoms with Crippen molar-refractivity contribution in [3.8, 4) is 0 Å². The number of thioether (sulfide) groups is 1. The van der Waals surface area contributed by atoms with Crippen LogP contribution in [0.15, 0.2) is 11.4 Å². The number of halogens is 1. The molecule has 1 atom stereocenters. The van der Waals surface area contributed by atoms with Gasteiger partial charge >= 0.3 is 5.97 Å². The largest absolute Gasteiger partial charge is 0.449 e. The molecule has 0 aromatic carbocycles. The van der Waals surface area contributed by atoms with E-state index in [0.717, 1.165) is 0 Å². The number of rotatable bonds is 6. The number of carbonyl (C=O) groups excluding carboxylic acids is 3. The topological polar surface area (TPSA) is 102 Å². The van der Waals surface area contributed by atoms with Crippen LogP contribution in [0.5, 0.6) is 0 Å². The van der Waals surface area contributed by atoms with Gasteiger partial charge in [0.05, 0.1) is 16.9 Å². The Kier molecular flexibility index (Phi) is 6.20. The van der Waals surface area contributed by atoms with E-state index < -0.39 is 17.9 Å². The second-order valence-electron chi connectivity index (χ2n) is 5.65. The van der Waals surface area contributed by atoms with Crippen molar-refractivity contribution in [1.82, 2.24) is 15.0 Å². The molecule has 138 valence electrons. The average Bonchev–Trinajstić information content (AvgIpc) is 2.88. The van der Waals surface area contributed by atoms with Gasteiger partial charge in [0.25, 0.3) is 0 Å². The Balaban J connectivity index is 2.24. The van der Waals surface area contributed by atoms with Gasteiger partial charge in [0, 0.05) is 11.3 Å². The molecule has 2 rings (SSSR count). The third-order valence-corrected chi connectivity index (χ3v) is 4.63. The van der Waals surface area contributed by atoms with Crippen LogP contribution in [0.1, 0.15) is 56.4 Å². The number of aromatic nitrogens is 3. The molecule has 2 heterocycles. The standard InChI is InChI=1S/C17H18ClN3O4S/c1-7-12(9(3)22)8(2)20-13(7)15(23)10(4)25-16(24)14-11(18)6-19-17(21-14)26-5/h6,10,20H,1-5H3/t10-/m0/s1. The molecule has 0 aliphatic carbocycles. The summed E-state index contributed by atoms with van der Waals surface area (Å²) in [6.07, 6.45) is 1.98. The summed E-state index contributed by atoms with van der Waals surface area (Å²) in [6, 6.07) is 0. The van der Waals surface area contributed by atoms with Crippen molar-refractivity contribution < 1.29 is 19.1 Å². The molecule has 26 heavy (non-hydrogen) atoms. The Labute approximate surface area is 159 Å². The highest BCUT2D eigenvalue weighted by molar-refractivity contribution is 7.98. The fourth-order valence-corrected chi connectivity index (χ4v) is 3.10. The van der Waals surface area contributed by atoms with Crippen LogP contribution in [0.25, 0.3) is 0 Å². The maximum atomic E-state index is 12.6. The molecule has 0 spiro atoms. The van der Waals surface area contributed by atoms with Crippen LogP contribution < -0.4 is 0 Å². The lowest BCUT2D eigenvalue weighted by Crippen LogP contribution is -2.26. The zero-order chi connectivity index (χ0) is 19.6. The Bertz CT molecular complexity index is 894. The lowest BCUT2D eigenvalue weighted by molar-refractivity contribution is 0.0310. The number of hydrogen-bond acceptors (Lipinski definition) is 7. The smallest absolute Gasteiger partial charge is 0.359 e. The molecular formula is C17H18ClN3O4S. The Morgan fingerprint density at radius 2 is 1.96 bits per heavy atom. The first-order valence-electron chi connectivity index (χ1n) is 7.69. The van der Waals surface area contributed by atoms with Crippen LogP contribution in [0, 0.1) is 13.8 Å². The Hall–Kier alpha value is -2.19. The van der Waals surface area contributed by atoms with Crippen molar-refractivity contribution in [1.29, 1.82) is 0 Å². The van der Waals surface area contributed by atoms with Gasteiger partial charge in [-0.25, -0.2) is 14.8 Å². The van der Waals surface area contributed by atoms with Crippen molar-refractivity contribution in [3.05, 3.63) is 39.4 Å². The third kappa shape index (κ3) is 3.96. The van der Waals surface area contributed by atoms with E-state index in [-0.39, 0.29) is 22.2 Å². The van der Waals surface area contributed by atoms with Crippen LogP contribution >= 0.6 is 23.4 Å². The molecule has 0 aliphatic rings. The van der Waals surface area contributed by atoms with E-state index in [1.165, 1.54) is 31.8 Å². The fraction of sp³-hybridized carbons (Fsp3) is 0.353. The maximum absolute atomic E-state index is 12.6. The molecule has 7 nitrogen and oxygen atoms in total. The van der Waals surface area contributed by atoms with Crippen LogP contribution in [0.2, 0.25) is 5.02 Å². The number of esters is 1. The predicted molar refractivity (Wildman–Crippen MR) is 98.3 cm³/mol. The normalized spacial score (nSPS) is 11.9. The minimum atomic E-state index is -1.08. The highest BCUT2D eigenvalue weighted by Crippen LogP contribution is 2.22. The summed E-state index contributed by atoms with van der Waals surface area (Å²) < 4.78 is 5.22. The molecule has 0 bridgehead atoms. The number of aryl methyl sites for hydroxylation is 1. The number of carbonyl (C=O) groups is 3. The van der Waals surface area contributed by atoms with E-state index in [1.54, 1.807) is 20.1 Å². The zero-order valence-electron chi connectivity index (χ0n) is 15.0. The summed E-state index contributed by atoms with van der Waals surface area (Å²) in [5, 5.41) is 0.403. The van der Waals surface area contributed by atoms with Gasteiger partial charge in [0.2, 0.25) is 5.78 Å². The summed E-state index contributed by atoms with van der Waals surface area (Å²) in [7, 11) is 0. The summed E-state index contributed by atoms with van der Waals surface area (Å²) in [4.78, 5) is 47.5. The van der Waals surface area contributed by atoms with Gasteiger partial charge in [-0.3, -0.25) is 9.59 Å². The molecule has 0 unspecified atom stereocenters. The first kappa shape index (κ1) is 20.1. The lowest BCUT2D eigenvalue weighted by Gasteiger charge is -2.12. The van der Waals surface area contributed by atoms with Crippen molar-refractivity contribution in [3.63, 3.8) is 0 Å². The number of ketones is 2. The zero-order valence-corrected chi connectivity index (χ0v) is 16.5. The van der Waals surface area contributed by atoms with E-state index in [4.69, 9.17) is 16.3 Å². The van der Waals surface area contributed by atoms with E-state index >= 15 is 0 Å². The van der Waals surface area contributed by atoms with Gasteiger partial charge in [-0.05, 0) is 39.5 Å². The summed E-state index contributed by atoms with van der Waals surface area (Å²) >= 11 is 7.20. The molecule has 2 aromatic heterocycles. The average molecular weight is 396 g/mol. The van der Waals surface area contributed by atoms with Crippen molar-refractivity contribution >= 4 is 40.9 Å². The summed E-state index contributed by atoms with van der Waals surface area (Å²) in [5.74, 6) is -1.40. The third-order valence-electron chi connectivity index (χ3n) is 3.79. The van der Waals surface area contributed by atoms with Gasteiger partial charge in [0.15, 0.2) is 22.7 Å². The molecule has 9 heteroatoms. The predicted octanol–water partition coefficient (Wildman–Crippen LogP) is 3.43. The molecular weight excluding hydrogens is 378 g/mol. The molecule has 0 amide bonds. The van der Waals surface area contributed by atoms with Crippen molar-refractivity contribution in [2.75, 3.05) is 6.26 Å². The van der Waals surface area contributed by atoms with Gasteiger partial charge in [-0.15, -0.1) is 0 Å². The summed E-state index contributed by atoms with van der Waals surface area (Å²) in [5.41, 5.74) is 1.74. The van der Waals surface area contributed by atoms with E-state index in [9.17, 15) is 14.4 Å². The SMILES string of the molecule is CSc1ncc(Cl)c(C(=O)O[C@@H](C)C(=O)c2[nH]c(C)c(C(C)=O)c2C)n1. The van der Waals surface area contributed by atoms with E-state index in [2.05, 4.69) is 15.0 Å². The minimum Gasteiger partial charge on any atom is -0.449 e. The van der Waals surface area contributed by atoms with Gasteiger partial charge in [-0.2, -0.15) is 0 Å². The van der Waals surface area contributed by atoms with Crippen molar-refractivity contribution in [2.24, 2.45) is 0 Å². The van der Waals surface area contributed by atoms with Crippen LogP contribution in [-0.2, 0) is 4.74 Å². The molecule has 2 aromatic rings. The summed E-state index contributed by atoms with van der Waals surface area (Å²) in [6.45, 7) is 6.27. The number of nitrogens with zero attached hydrogens (tertiary/aromatic N) is 2. The number of aromatic amines is 1. The minimum absolute atomic E-state index is 0.0400. The number of Topliss-reactive ketones (excluding diaryl/α,β-unsaturated/α-hetero) is 2. The maximum Gasteiger partial charge on any atom is 0.359 e. The van der Waals surface area contributed by atoms with Gasteiger partial charge < -0.3 is 9.72 Å². The molecule has 0 aliphatic heterocycles. The van der Waals surface area contributed by atoms with Crippen LogP contribution in [-0.4, -0.2) is 44.8 Å². The molecule has 0 saturated heterocycles. The Morgan fingerprint density at radius 3 is 2.50 bits per heavy atom. The highest BCUT2D eigenvalue weighted by atomic mass is 35.5. The fourth-order valence-electron chi connectivity index (χ4n) is 2.59. The lowest BCUT2D eigenvalue weighted by atomic mass is 10.0. The quantitative estimate of drug-likeness (QED) is 0.346. The molecule has 0 fully saturated rings. The number of H-pyrrole nitrogens is 1. The number of nitrogens with one attached hydrogen (secondary N) is 1. The monoisotopic (exact) mass is 395 g/mol. The molecule has 0 radical (unpaired) electrons. The van der Waals surface area contributed by atoms with Crippen LogP contribution in [0.3, 0.4) is 0 Å². The number of hydrogen-bond donors (Lipinski definition) is 1. The molecule has 1 N–H and O–H groups in total. The molecule has 0 saturated carbocycles. The highest BCUT2D eigenvalue weighted by Gasteiger charge is 2.27. The van der Waals surface area contributed by atoms with E-state index in [1.807, 2.05) is 0 Å². The first-order valence-corrected chi connectivity index (χ1v) is 9.29. The Morgan fingerprint density at radius 1 is 1.31 bits per heavy atom. The van der Waals surface area contributed by atoms with Gasteiger partial charge in [-0.1, -0.05) is 23.4 Å². The van der Waals surface area contributed by atoms with E-state index in [0.29, 0.717) is 22.0 Å². The second kappa shape index (κ2) is 8.01. The number of ether oxygens (including phenoxy) is 1. The van der Waals surface area contributed by atoms with Crippen LogP contribution in [0.4, 0.5) is 0 Å². The first-order chi connectivity index (χ1) is 12.2. The van der Waals surface area contributed by atoms with Crippen molar-refractivity contribution in [2.45, 2.75) is 39.0 Å². The van der Waals surface area contributed by atoms with Gasteiger partial charge in [0.1, 0.15) is 0 Å². The second-order valence-corrected chi connectivity index (χ2v) is 6.83.